The molecule has 1 atom stereocenters. The zero-order valence-corrected chi connectivity index (χ0v) is 18.6. The lowest BCUT2D eigenvalue weighted by Crippen LogP contribution is -2.22. The van der Waals surface area contributed by atoms with Crippen LogP contribution in [0.5, 0.6) is 0 Å². The summed E-state index contributed by atoms with van der Waals surface area (Å²) in [5, 5.41) is 13.1. The van der Waals surface area contributed by atoms with Crippen LogP contribution in [0.3, 0.4) is 0 Å². The summed E-state index contributed by atoms with van der Waals surface area (Å²) in [6, 6.07) is 16.2. The maximum absolute atomic E-state index is 12.8. The Kier molecular flexibility index (Phi) is 5.21. The molecular weight excluding hydrogens is 428 g/mol. The Hall–Kier alpha value is -3.17. The predicted molar refractivity (Wildman–Crippen MR) is 126 cm³/mol. The molecule has 1 amide bonds. The largest absolute Gasteiger partial charge is 0.301 e. The normalized spacial score (nSPS) is 12.5. The number of imidazole rings is 1. The molecule has 0 aliphatic rings. The number of aryl methyl sites for hydroxylation is 1. The SMILES string of the molecule is CCc1ccc(-c2csc(NC(=O)[C@@H](C)Sc3n[nH]c4nc5ccccc5n34)n2)cc1. The lowest BCUT2D eigenvalue weighted by molar-refractivity contribution is -0.115. The third-order valence-corrected chi connectivity index (χ3v) is 6.86. The van der Waals surface area contributed by atoms with Crippen LogP contribution in [-0.2, 0) is 11.2 Å². The van der Waals surface area contributed by atoms with Crippen molar-refractivity contribution in [2.24, 2.45) is 0 Å². The van der Waals surface area contributed by atoms with Gasteiger partial charge in [0.25, 0.3) is 0 Å². The van der Waals surface area contributed by atoms with Crippen LogP contribution in [0.4, 0.5) is 5.13 Å². The van der Waals surface area contributed by atoms with Gasteiger partial charge in [0.1, 0.15) is 0 Å². The molecule has 31 heavy (non-hydrogen) atoms. The molecule has 9 heteroatoms. The molecule has 5 rings (SSSR count). The van der Waals surface area contributed by atoms with Crippen molar-refractivity contribution >= 4 is 50.9 Å². The van der Waals surface area contributed by atoms with Gasteiger partial charge in [-0.1, -0.05) is 55.1 Å². The summed E-state index contributed by atoms with van der Waals surface area (Å²) in [4.78, 5) is 21.9. The number of H-pyrrole nitrogens is 1. The van der Waals surface area contributed by atoms with Crippen LogP contribution < -0.4 is 5.32 Å². The van der Waals surface area contributed by atoms with E-state index < -0.39 is 0 Å². The topological polar surface area (TPSA) is 88.0 Å². The molecule has 0 radical (unpaired) electrons. The number of fused-ring (bicyclic) bond motifs is 3. The second-order valence-corrected chi connectivity index (χ2v) is 9.27. The molecular formula is C22H20N6OS2. The fraction of sp³-hybridized carbons (Fsp3) is 0.182. The average Bonchev–Trinajstić information content (AvgIpc) is 3.50. The van der Waals surface area contributed by atoms with Crippen LogP contribution in [0.25, 0.3) is 28.1 Å². The first kappa shape index (κ1) is 19.8. The molecule has 156 valence electrons. The monoisotopic (exact) mass is 448 g/mol. The molecule has 0 saturated carbocycles. The first-order valence-electron chi connectivity index (χ1n) is 9.96. The van der Waals surface area contributed by atoms with Crippen molar-refractivity contribution in [2.45, 2.75) is 30.7 Å². The maximum Gasteiger partial charge on any atom is 0.239 e. The van der Waals surface area contributed by atoms with Gasteiger partial charge in [-0.25, -0.2) is 15.1 Å². The van der Waals surface area contributed by atoms with E-state index in [4.69, 9.17) is 0 Å². The maximum atomic E-state index is 12.8. The lowest BCUT2D eigenvalue weighted by atomic mass is 10.1. The summed E-state index contributed by atoms with van der Waals surface area (Å²) < 4.78 is 1.94. The number of carbonyl (C=O) groups is 1. The molecule has 5 aromatic rings. The highest BCUT2D eigenvalue weighted by atomic mass is 32.2. The molecule has 0 fully saturated rings. The van der Waals surface area contributed by atoms with E-state index >= 15 is 0 Å². The van der Waals surface area contributed by atoms with Gasteiger partial charge in [-0.15, -0.1) is 16.4 Å². The molecule has 2 aromatic carbocycles. The van der Waals surface area contributed by atoms with Crippen molar-refractivity contribution in [1.82, 2.24) is 24.6 Å². The van der Waals surface area contributed by atoms with Crippen molar-refractivity contribution < 1.29 is 4.79 Å². The predicted octanol–water partition coefficient (Wildman–Crippen LogP) is 5.02. The smallest absolute Gasteiger partial charge is 0.239 e. The van der Waals surface area contributed by atoms with E-state index in [-0.39, 0.29) is 11.2 Å². The number of aromatic amines is 1. The van der Waals surface area contributed by atoms with E-state index in [0.717, 1.165) is 28.7 Å². The standard InChI is InChI=1S/C22H20N6OS2/c1-3-14-8-10-15(11-9-14)17-12-30-21(24-17)25-19(29)13(2)31-22-27-26-20-23-16-6-4-5-7-18(16)28(20)22/h4-13H,3H2,1-2H3,(H,23,26)(H,24,25,29)/t13-/m1/s1. The molecule has 0 bridgehead atoms. The highest BCUT2D eigenvalue weighted by Crippen LogP contribution is 2.28. The first-order chi connectivity index (χ1) is 15.1. The van der Waals surface area contributed by atoms with Crippen molar-refractivity contribution in [3.05, 3.63) is 59.5 Å². The van der Waals surface area contributed by atoms with Crippen molar-refractivity contribution in [2.75, 3.05) is 5.32 Å². The molecule has 0 saturated heterocycles. The summed E-state index contributed by atoms with van der Waals surface area (Å²) in [5.41, 5.74) is 5.04. The summed E-state index contributed by atoms with van der Waals surface area (Å²) >= 11 is 2.80. The highest BCUT2D eigenvalue weighted by Gasteiger charge is 2.20. The number of thioether (sulfide) groups is 1. The Morgan fingerprint density at radius 1 is 1.19 bits per heavy atom. The van der Waals surface area contributed by atoms with Crippen LogP contribution in [0.2, 0.25) is 0 Å². The second kappa shape index (κ2) is 8.16. The highest BCUT2D eigenvalue weighted by molar-refractivity contribution is 8.00. The van der Waals surface area contributed by atoms with Crippen molar-refractivity contribution in [1.29, 1.82) is 0 Å². The van der Waals surface area contributed by atoms with Gasteiger partial charge in [-0.05, 0) is 31.0 Å². The molecule has 0 spiro atoms. The number of nitrogens with zero attached hydrogens (tertiary/aromatic N) is 4. The van der Waals surface area contributed by atoms with Gasteiger partial charge in [0.05, 0.1) is 22.0 Å². The van der Waals surface area contributed by atoms with Gasteiger partial charge < -0.3 is 5.32 Å². The minimum Gasteiger partial charge on any atom is -0.301 e. The van der Waals surface area contributed by atoms with E-state index in [1.54, 1.807) is 0 Å². The van der Waals surface area contributed by atoms with Crippen molar-refractivity contribution in [3.63, 3.8) is 0 Å². The number of rotatable bonds is 6. The Morgan fingerprint density at radius 2 is 2.00 bits per heavy atom. The van der Waals surface area contributed by atoms with Gasteiger partial charge in [0, 0.05) is 10.9 Å². The quantitative estimate of drug-likeness (QED) is 0.356. The van der Waals surface area contributed by atoms with E-state index in [0.29, 0.717) is 16.1 Å². The zero-order valence-electron chi connectivity index (χ0n) is 17.0. The second-order valence-electron chi connectivity index (χ2n) is 7.10. The summed E-state index contributed by atoms with van der Waals surface area (Å²) in [6.07, 6.45) is 1.01. The van der Waals surface area contributed by atoms with E-state index in [2.05, 4.69) is 56.7 Å². The number of thiazole rings is 1. The van der Waals surface area contributed by atoms with Gasteiger partial charge in [-0.3, -0.25) is 9.20 Å². The van der Waals surface area contributed by atoms with Gasteiger partial charge in [-0.2, -0.15) is 0 Å². The van der Waals surface area contributed by atoms with Crippen LogP contribution in [0, 0.1) is 0 Å². The molecule has 2 N–H and O–H groups in total. The summed E-state index contributed by atoms with van der Waals surface area (Å²) in [6.45, 7) is 3.99. The Morgan fingerprint density at radius 3 is 2.81 bits per heavy atom. The third kappa shape index (κ3) is 3.82. The van der Waals surface area contributed by atoms with E-state index in [9.17, 15) is 4.79 Å². The summed E-state index contributed by atoms with van der Waals surface area (Å²) in [7, 11) is 0. The Balaban J connectivity index is 1.30. The number of carbonyl (C=O) groups excluding carboxylic acids is 1. The van der Waals surface area contributed by atoms with Gasteiger partial charge in [0.2, 0.25) is 11.7 Å². The fourth-order valence-electron chi connectivity index (χ4n) is 3.32. The number of hydrogen-bond donors (Lipinski definition) is 2. The van der Waals surface area contributed by atoms with Crippen LogP contribution >= 0.6 is 23.1 Å². The van der Waals surface area contributed by atoms with Gasteiger partial charge in [0.15, 0.2) is 10.3 Å². The Bertz CT molecular complexity index is 1370. The number of benzene rings is 2. The van der Waals surface area contributed by atoms with E-state index in [1.807, 2.05) is 41.0 Å². The number of para-hydroxylation sites is 2. The number of amides is 1. The van der Waals surface area contributed by atoms with Gasteiger partial charge >= 0.3 is 0 Å². The zero-order chi connectivity index (χ0) is 21.4. The minimum atomic E-state index is -0.358. The van der Waals surface area contributed by atoms with Crippen LogP contribution in [0.1, 0.15) is 19.4 Å². The number of aromatic nitrogens is 5. The van der Waals surface area contributed by atoms with Crippen LogP contribution in [-0.4, -0.2) is 35.7 Å². The molecule has 0 unspecified atom stereocenters. The molecule has 0 aliphatic carbocycles. The molecule has 7 nitrogen and oxygen atoms in total. The minimum absolute atomic E-state index is 0.118. The number of nitrogens with one attached hydrogen (secondary N) is 2. The fourth-order valence-corrected chi connectivity index (χ4v) is 4.91. The molecule has 0 aliphatic heterocycles. The number of anilines is 1. The molecule has 3 aromatic heterocycles. The molecule has 3 heterocycles. The van der Waals surface area contributed by atoms with E-state index in [1.165, 1.54) is 28.7 Å². The lowest BCUT2D eigenvalue weighted by Gasteiger charge is -2.09. The average molecular weight is 449 g/mol. The summed E-state index contributed by atoms with van der Waals surface area (Å²) in [5.74, 6) is 0.544. The third-order valence-electron chi connectivity index (χ3n) is 5.05. The number of hydrogen-bond acceptors (Lipinski definition) is 6. The van der Waals surface area contributed by atoms with Crippen molar-refractivity contribution in [3.8, 4) is 11.3 Å². The first-order valence-corrected chi connectivity index (χ1v) is 11.7. The van der Waals surface area contributed by atoms with Crippen LogP contribution in [0.15, 0.2) is 59.1 Å². The Labute approximate surface area is 186 Å².